The SMILES string of the molecule is C=CCO/C=C/c1cc(OC)c(OC)c(OC)c1[N+](=O)[O-]. The Labute approximate surface area is 122 Å². The number of benzene rings is 1. The summed E-state index contributed by atoms with van der Waals surface area (Å²) in [5, 5.41) is 11.3. The molecule has 0 heterocycles. The minimum atomic E-state index is -0.548. The highest BCUT2D eigenvalue weighted by molar-refractivity contribution is 5.74. The number of hydrogen-bond donors (Lipinski definition) is 0. The number of ether oxygens (including phenoxy) is 4. The zero-order chi connectivity index (χ0) is 15.8. The fourth-order valence-electron chi connectivity index (χ4n) is 1.72. The third kappa shape index (κ3) is 3.65. The Kier molecular flexibility index (Phi) is 6.06. The molecule has 0 amide bonds. The minimum Gasteiger partial charge on any atom is -0.497 e. The fourth-order valence-corrected chi connectivity index (χ4v) is 1.72. The average molecular weight is 295 g/mol. The second-order valence-corrected chi connectivity index (χ2v) is 3.77. The van der Waals surface area contributed by atoms with E-state index in [0.29, 0.717) is 12.4 Å². The van der Waals surface area contributed by atoms with Crippen LogP contribution in [0.5, 0.6) is 17.2 Å². The van der Waals surface area contributed by atoms with Gasteiger partial charge in [0.2, 0.25) is 11.5 Å². The van der Waals surface area contributed by atoms with E-state index >= 15 is 0 Å². The standard InChI is InChI=1S/C14H17NO6/c1-5-7-21-8-6-10-9-11(18-2)13(19-3)14(20-4)12(10)15(16)17/h5-6,8-9H,1,7H2,2-4H3/b8-6+. The first-order valence-electron chi connectivity index (χ1n) is 5.97. The van der Waals surface area contributed by atoms with E-state index in [4.69, 9.17) is 18.9 Å². The summed E-state index contributed by atoms with van der Waals surface area (Å²) >= 11 is 0. The molecule has 0 spiro atoms. The molecule has 1 aromatic rings. The van der Waals surface area contributed by atoms with Crippen LogP contribution < -0.4 is 14.2 Å². The second-order valence-electron chi connectivity index (χ2n) is 3.77. The zero-order valence-corrected chi connectivity index (χ0v) is 12.1. The number of methoxy groups -OCH3 is 3. The minimum absolute atomic E-state index is 0.00905. The van der Waals surface area contributed by atoms with Gasteiger partial charge in [-0.25, -0.2) is 0 Å². The molecule has 0 atom stereocenters. The first-order chi connectivity index (χ1) is 10.1. The monoisotopic (exact) mass is 295 g/mol. The summed E-state index contributed by atoms with van der Waals surface area (Å²) in [7, 11) is 4.14. The van der Waals surface area contributed by atoms with Crippen molar-refractivity contribution in [2.45, 2.75) is 0 Å². The van der Waals surface area contributed by atoms with Gasteiger partial charge in [0.15, 0.2) is 5.75 Å². The first kappa shape index (κ1) is 16.4. The van der Waals surface area contributed by atoms with Gasteiger partial charge in [0, 0.05) is 0 Å². The van der Waals surface area contributed by atoms with Crippen molar-refractivity contribution in [1.82, 2.24) is 0 Å². The van der Waals surface area contributed by atoms with Crippen LogP contribution in [0.3, 0.4) is 0 Å². The number of nitrogens with zero attached hydrogens (tertiary/aromatic N) is 1. The van der Waals surface area contributed by atoms with Crippen molar-refractivity contribution in [2.75, 3.05) is 27.9 Å². The molecule has 0 fully saturated rings. The van der Waals surface area contributed by atoms with Crippen molar-refractivity contribution < 1.29 is 23.9 Å². The predicted octanol–water partition coefficient (Wildman–Crippen LogP) is 2.79. The van der Waals surface area contributed by atoms with Crippen molar-refractivity contribution in [3.8, 4) is 17.2 Å². The van der Waals surface area contributed by atoms with Gasteiger partial charge < -0.3 is 18.9 Å². The maximum atomic E-state index is 11.3. The molecule has 0 bridgehead atoms. The van der Waals surface area contributed by atoms with Gasteiger partial charge >= 0.3 is 5.69 Å². The van der Waals surface area contributed by atoms with E-state index in [1.54, 1.807) is 6.08 Å². The van der Waals surface area contributed by atoms with E-state index in [0.717, 1.165) is 0 Å². The highest BCUT2D eigenvalue weighted by Gasteiger charge is 2.27. The van der Waals surface area contributed by atoms with Crippen LogP contribution in [0.15, 0.2) is 25.0 Å². The first-order valence-corrected chi connectivity index (χ1v) is 5.97. The van der Waals surface area contributed by atoms with Gasteiger partial charge in [-0.2, -0.15) is 0 Å². The van der Waals surface area contributed by atoms with E-state index < -0.39 is 4.92 Å². The van der Waals surface area contributed by atoms with E-state index in [1.807, 2.05) is 0 Å². The van der Waals surface area contributed by atoms with E-state index in [2.05, 4.69) is 6.58 Å². The van der Waals surface area contributed by atoms with Gasteiger partial charge in [0.25, 0.3) is 0 Å². The van der Waals surface area contributed by atoms with Crippen LogP contribution in [0.1, 0.15) is 5.56 Å². The van der Waals surface area contributed by atoms with Crippen LogP contribution in [0.4, 0.5) is 5.69 Å². The van der Waals surface area contributed by atoms with Crippen molar-refractivity contribution in [3.05, 3.63) is 40.7 Å². The molecule has 114 valence electrons. The van der Waals surface area contributed by atoms with Crippen LogP contribution >= 0.6 is 0 Å². The van der Waals surface area contributed by atoms with Crippen molar-refractivity contribution >= 4 is 11.8 Å². The Morgan fingerprint density at radius 1 is 1.24 bits per heavy atom. The lowest BCUT2D eigenvalue weighted by atomic mass is 10.1. The summed E-state index contributed by atoms with van der Waals surface area (Å²) in [5.74, 6) is 0.476. The normalized spacial score (nSPS) is 10.2. The summed E-state index contributed by atoms with van der Waals surface area (Å²) in [6.45, 7) is 3.81. The Morgan fingerprint density at radius 2 is 1.90 bits per heavy atom. The number of hydrogen-bond acceptors (Lipinski definition) is 6. The second kappa shape index (κ2) is 7.78. The molecule has 7 heteroatoms. The highest BCUT2D eigenvalue weighted by Crippen LogP contribution is 2.46. The smallest absolute Gasteiger partial charge is 0.322 e. The van der Waals surface area contributed by atoms with Crippen LogP contribution in [0, 0.1) is 10.1 Å². The van der Waals surface area contributed by atoms with Crippen LogP contribution in [-0.2, 0) is 4.74 Å². The number of rotatable bonds is 8. The quantitative estimate of drug-likeness (QED) is 0.241. The molecule has 0 saturated heterocycles. The van der Waals surface area contributed by atoms with Gasteiger partial charge in [0.05, 0.1) is 38.1 Å². The van der Waals surface area contributed by atoms with Gasteiger partial charge in [0.1, 0.15) is 6.61 Å². The summed E-state index contributed by atoms with van der Waals surface area (Å²) in [5.41, 5.74) is 0.0483. The summed E-state index contributed by atoms with van der Waals surface area (Å²) < 4.78 is 20.5. The Balaban J connectivity index is 3.43. The number of nitro benzene ring substituents is 1. The molecule has 0 N–H and O–H groups in total. The lowest BCUT2D eigenvalue weighted by Gasteiger charge is -2.13. The molecule has 0 saturated carbocycles. The summed E-state index contributed by atoms with van der Waals surface area (Å²) in [6.07, 6.45) is 4.36. The van der Waals surface area contributed by atoms with E-state index in [1.165, 1.54) is 39.7 Å². The average Bonchev–Trinajstić information content (AvgIpc) is 2.49. The zero-order valence-electron chi connectivity index (χ0n) is 12.1. The van der Waals surface area contributed by atoms with Gasteiger partial charge in [-0.1, -0.05) is 12.7 Å². The van der Waals surface area contributed by atoms with Crippen LogP contribution in [-0.4, -0.2) is 32.9 Å². The van der Waals surface area contributed by atoms with Crippen molar-refractivity contribution in [3.63, 3.8) is 0 Å². The number of nitro groups is 1. The highest BCUT2D eigenvalue weighted by atomic mass is 16.6. The Bertz CT molecular complexity index is 553. The van der Waals surface area contributed by atoms with E-state index in [-0.39, 0.29) is 22.7 Å². The lowest BCUT2D eigenvalue weighted by Crippen LogP contribution is -2.01. The van der Waals surface area contributed by atoms with Crippen LogP contribution in [0.25, 0.3) is 6.08 Å². The predicted molar refractivity (Wildman–Crippen MR) is 77.9 cm³/mol. The molecule has 0 radical (unpaired) electrons. The van der Waals surface area contributed by atoms with Gasteiger partial charge in [-0.15, -0.1) is 0 Å². The maximum Gasteiger partial charge on any atom is 0.322 e. The fraction of sp³-hybridized carbons (Fsp3) is 0.286. The largest absolute Gasteiger partial charge is 0.497 e. The molecule has 0 aliphatic carbocycles. The van der Waals surface area contributed by atoms with Crippen molar-refractivity contribution in [2.24, 2.45) is 0 Å². The molecule has 1 aromatic carbocycles. The molecule has 21 heavy (non-hydrogen) atoms. The molecule has 1 rings (SSSR count). The molecule has 7 nitrogen and oxygen atoms in total. The van der Waals surface area contributed by atoms with Gasteiger partial charge in [-0.05, 0) is 12.1 Å². The van der Waals surface area contributed by atoms with Gasteiger partial charge in [-0.3, -0.25) is 10.1 Å². The molecule has 0 aromatic heterocycles. The summed E-state index contributed by atoms with van der Waals surface area (Å²) in [6, 6.07) is 1.48. The lowest BCUT2D eigenvalue weighted by molar-refractivity contribution is -0.386. The molecule has 0 unspecified atom stereocenters. The third-order valence-electron chi connectivity index (χ3n) is 2.57. The molecular weight excluding hydrogens is 278 g/mol. The molecule has 0 aliphatic heterocycles. The van der Waals surface area contributed by atoms with Crippen LogP contribution in [0.2, 0.25) is 0 Å². The maximum absolute atomic E-state index is 11.3. The third-order valence-corrected chi connectivity index (χ3v) is 2.57. The van der Waals surface area contributed by atoms with E-state index in [9.17, 15) is 10.1 Å². The topological polar surface area (TPSA) is 80.1 Å². The Morgan fingerprint density at radius 3 is 2.38 bits per heavy atom. The molecule has 0 aliphatic rings. The van der Waals surface area contributed by atoms with Crippen molar-refractivity contribution in [1.29, 1.82) is 0 Å². The summed E-state index contributed by atoms with van der Waals surface area (Å²) in [4.78, 5) is 10.7. The Hall–Kier alpha value is -2.70. The molecular formula is C14H17NO6.